The Morgan fingerprint density at radius 2 is 2.00 bits per heavy atom. The Morgan fingerprint density at radius 1 is 1.21 bits per heavy atom. The van der Waals surface area contributed by atoms with Crippen LogP contribution in [-0.4, -0.2) is 53.7 Å². The highest BCUT2D eigenvalue weighted by atomic mass is 32.1. The van der Waals surface area contributed by atoms with Crippen molar-refractivity contribution >= 4 is 17.2 Å². The number of rotatable bonds is 3. The Bertz CT molecular complexity index is 753. The van der Waals surface area contributed by atoms with E-state index in [0.29, 0.717) is 0 Å². The standard InChI is InChI=1S/C17H19N3O3S/c1-12(21)20-6-4-19(5-7-20)9-17-18-14(10-24-17)13-2-3-15-16(8-13)23-11-22-15/h2-3,8,10H,4-7,9,11H2,1H3. The number of ether oxygens (including phenoxy) is 2. The summed E-state index contributed by atoms with van der Waals surface area (Å²) in [6.45, 7) is 6.16. The lowest BCUT2D eigenvalue weighted by Crippen LogP contribution is -2.47. The Hall–Kier alpha value is -2.12. The first-order valence-corrected chi connectivity index (χ1v) is 8.89. The number of thiazole rings is 1. The van der Waals surface area contributed by atoms with Crippen LogP contribution in [-0.2, 0) is 11.3 Å². The Balaban J connectivity index is 1.41. The molecule has 0 N–H and O–H groups in total. The number of carbonyl (C=O) groups excluding carboxylic acids is 1. The summed E-state index contributed by atoms with van der Waals surface area (Å²) in [7, 11) is 0. The molecule has 4 rings (SSSR count). The summed E-state index contributed by atoms with van der Waals surface area (Å²) in [6.07, 6.45) is 0. The van der Waals surface area contributed by atoms with Gasteiger partial charge in [0.2, 0.25) is 12.7 Å². The molecule has 3 heterocycles. The molecule has 0 unspecified atom stereocenters. The molecule has 7 heteroatoms. The molecule has 126 valence electrons. The second kappa shape index (κ2) is 6.41. The number of hydrogen-bond donors (Lipinski definition) is 0. The molecule has 1 amide bonds. The number of benzene rings is 1. The normalized spacial score (nSPS) is 17.3. The average Bonchev–Trinajstić information content (AvgIpc) is 3.23. The molecule has 1 aromatic carbocycles. The zero-order chi connectivity index (χ0) is 16.5. The summed E-state index contributed by atoms with van der Waals surface area (Å²) >= 11 is 1.67. The van der Waals surface area contributed by atoms with Crippen LogP contribution in [0.3, 0.4) is 0 Å². The van der Waals surface area contributed by atoms with E-state index in [2.05, 4.69) is 10.3 Å². The summed E-state index contributed by atoms with van der Waals surface area (Å²) in [6, 6.07) is 5.92. The summed E-state index contributed by atoms with van der Waals surface area (Å²) in [5.41, 5.74) is 2.01. The van der Waals surface area contributed by atoms with Gasteiger partial charge in [-0.15, -0.1) is 11.3 Å². The fourth-order valence-corrected chi connectivity index (χ4v) is 3.83. The predicted octanol–water partition coefficient (Wildman–Crippen LogP) is 2.20. The highest BCUT2D eigenvalue weighted by Crippen LogP contribution is 2.36. The van der Waals surface area contributed by atoms with E-state index in [1.807, 2.05) is 23.1 Å². The van der Waals surface area contributed by atoms with Crippen molar-refractivity contribution in [3.63, 3.8) is 0 Å². The van der Waals surface area contributed by atoms with E-state index in [1.165, 1.54) is 0 Å². The Morgan fingerprint density at radius 3 is 2.79 bits per heavy atom. The molecule has 2 aliphatic heterocycles. The molecule has 1 aromatic heterocycles. The van der Waals surface area contributed by atoms with Crippen LogP contribution in [0.25, 0.3) is 11.3 Å². The van der Waals surface area contributed by atoms with Crippen molar-refractivity contribution in [2.24, 2.45) is 0 Å². The second-order valence-corrected chi connectivity index (χ2v) is 6.92. The van der Waals surface area contributed by atoms with Crippen LogP contribution < -0.4 is 9.47 Å². The summed E-state index contributed by atoms with van der Waals surface area (Å²) in [5, 5.41) is 3.18. The lowest BCUT2D eigenvalue weighted by atomic mass is 10.1. The van der Waals surface area contributed by atoms with E-state index >= 15 is 0 Å². The zero-order valence-corrected chi connectivity index (χ0v) is 14.3. The maximum Gasteiger partial charge on any atom is 0.231 e. The van der Waals surface area contributed by atoms with E-state index < -0.39 is 0 Å². The monoisotopic (exact) mass is 345 g/mol. The van der Waals surface area contributed by atoms with Gasteiger partial charge in [0.05, 0.1) is 12.2 Å². The number of nitrogens with zero attached hydrogens (tertiary/aromatic N) is 3. The Labute approximate surface area is 144 Å². The van der Waals surface area contributed by atoms with Crippen LogP contribution in [0, 0.1) is 0 Å². The van der Waals surface area contributed by atoms with E-state index in [4.69, 9.17) is 14.5 Å². The van der Waals surface area contributed by atoms with Crippen molar-refractivity contribution in [3.8, 4) is 22.8 Å². The molecule has 24 heavy (non-hydrogen) atoms. The molecule has 0 spiro atoms. The van der Waals surface area contributed by atoms with Gasteiger partial charge in [-0.3, -0.25) is 9.69 Å². The van der Waals surface area contributed by atoms with E-state index in [1.54, 1.807) is 18.3 Å². The molecule has 6 nitrogen and oxygen atoms in total. The number of carbonyl (C=O) groups is 1. The van der Waals surface area contributed by atoms with Crippen LogP contribution in [0.15, 0.2) is 23.6 Å². The first-order chi connectivity index (χ1) is 11.7. The third-order valence-corrected chi connectivity index (χ3v) is 5.23. The van der Waals surface area contributed by atoms with Gasteiger partial charge in [-0.1, -0.05) is 0 Å². The minimum absolute atomic E-state index is 0.161. The zero-order valence-electron chi connectivity index (χ0n) is 13.5. The van der Waals surface area contributed by atoms with Gasteiger partial charge >= 0.3 is 0 Å². The highest BCUT2D eigenvalue weighted by Gasteiger charge is 2.20. The maximum atomic E-state index is 11.4. The van der Waals surface area contributed by atoms with Crippen LogP contribution >= 0.6 is 11.3 Å². The van der Waals surface area contributed by atoms with Gasteiger partial charge in [-0.05, 0) is 18.2 Å². The maximum absolute atomic E-state index is 11.4. The number of amides is 1. The molecule has 0 radical (unpaired) electrons. The smallest absolute Gasteiger partial charge is 0.231 e. The van der Waals surface area contributed by atoms with Gasteiger partial charge in [-0.25, -0.2) is 4.98 Å². The number of hydrogen-bond acceptors (Lipinski definition) is 6. The van der Waals surface area contributed by atoms with E-state index in [-0.39, 0.29) is 12.7 Å². The third-order valence-electron chi connectivity index (χ3n) is 4.40. The SMILES string of the molecule is CC(=O)N1CCN(Cc2nc(-c3ccc4c(c3)OCO4)cs2)CC1. The summed E-state index contributed by atoms with van der Waals surface area (Å²) < 4.78 is 10.8. The van der Waals surface area contributed by atoms with E-state index in [0.717, 1.165) is 60.5 Å². The average molecular weight is 345 g/mol. The Kier molecular flexibility index (Phi) is 4.12. The second-order valence-electron chi connectivity index (χ2n) is 5.98. The number of fused-ring (bicyclic) bond motifs is 1. The van der Waals surface area contributed by atoms with Gasteiger partial charge in [0.15, 0.2) is 11.5 Å². The first kappa shape index (κ1) is 15.4. The van der Waals surface area contributed by atoms with Gasteiger partial charge in [0.25, 0.3) is 0 Å². The molecule has 2 aliphatic rings. The van der Waals surface area contributed by atoms with Gasteiger partial charge < -0.3 is 14.4 Å². The molecule has 0 bridgehead atoms. The van der Waals surface area contributed by atoms with Crippen LogP contribution in [0.1, 0.15) is 11.9 Å². The summed E-state index contributed by atoms with van der Waals surface area (Å²) in [5.74, 6) is 1.73. The molecular weight excluding hydrogens is 326 g/mol. The fourth-order valence-electron chi connectivity index (χ4n) is 2.98. The van der Waals surface area contributed by atoms with Gasteiger partial charge in [0.1, 0.15) is 5.01 Å². The topological polar surface area (TPSA) is 54.9 Å². The van der Waals surface area contributed by atoms with Gasteiger partial charge in [0, 0.05) is 44.0 Å². The van der Waals surface area contributed by atoms with Crippen molar-refractivity contribution < 1.29 is 14.3 Å². The molecule has 1 saturated heterocycles. The van der Waals surface area contributed by atoms with E-state index in [9.17, 15) is 4.79 Å². The summed E-state index contributed by atoms with van der Waals surface area (Å²) in [4.78, 5) is 20.4. The fraction of sp³-hybridized carbons (Fsp3) is 0.412. The highest BCUT2D eigenvalue weighted by molar-refractivity contribution is 7.09. The first-order valence-electron chi connectivity index (χ1n) is 8.01. The lowest BCUT2D eigenvalue weighted by Gasteiger charge is -2.33. The van der Waals surface area contributed by atoms with Crippen LogP contribution in [0.4, 0.5) is 0 Å². The molecule has 1 fully saturated rings. The van der Waals surface area contributed by atoms with Crippen molar-refractivity contribution in [2.45, 2.75) is 13.5 Å². The minimum Gasteiger partial charge on any atom is -0.454 e. The number of aromatic nitrogens is 1. The quantitative estimate of drug-likeness (QED) is 0.854. The molecule has 2 aromatic rings. The molecule has 0 atom stereocenters. The molecular formula is C17H19N3O3S. The minimum atomic E-state index is 0.161. The predicted molar refractivity (Wildman–Crippen MR) is 91.2 cm³/mol. The van der Waals surface area contributed by atoms with Crippen LogP contribution in [0.2, 0.25) is 0 Å². The van der Waals surface area contributed by atoms with Crippen molar-refractivity contribution in [3.05, 3.63) is 28.6 Å². The number of piperazine rings is 1. The van der Waals surface area contributed by atoms with Crippen molar-refractivity contribution in [1.29, 1.82) is 0 Å². The lowest BCUT2D eigenvalue weighted by molar-refractivity contribution is -0.130. The van der Waals surface area contributed by atoms with Crippen molar-refractivity contribution in [1.82, 2.24) is 14.8 Å². The molecule has 0 saturated carbocycles. The third kappa shape index (κ3) is 3.09. The van der Waals surface area contributed by atoms with Gasteiger partial charge in [-0.2, -0.15) is 0 Å². The van der Waals surface area contributed by atoms with Crippen LogP contribution in [0.5, 0.6) is 11.5 Å². The van der Waals surface area contributed by atoms with Crippen molar-refractivity contribution in [2.75, 3.05) is 33.0 Å². The molecule has 0 aliphatic carbocycles. The largest absolute Gasteiger partial charge is 0.454 e.